The van der Waals surface area contributed by atoms with Crippen molar-refractivity contribution in [1.82, 2.24) is 9.62 Å². The molecule has 1 saturated heterocycles. The minimum absolute atomic E-state index is 0.0117. The fraction of sp³-hybridized carbons (Fsp3) is 0.625. The summed E-state index contributed by atoms with van der Waals surface area (Å²) in [5.74, 6) is 0. The highest BCUT2D eigenvalue weighted by atomic mass is 32.2. The van der Waals surface area contributed by atoms with Gasteiger partial charge in [-0.15, -0.1) is 0 Å². The van der Waals surface area contributed by atoms with Crippen LogP contribution in [0.3, 0.4) is 0 Å². The number of non-ortho nitro benzene ring substituents is 1. The maximum atomic E-state index is 12.4. The Bertz CT molecular complexity index is 708. The highest BCUT2D eigenvalue weighted by Gasteiger charge is 2.34. The van der Waals surface area contributed by atoms with E-state index in [1.165, 1.54) is 24.3 Å². The molecule has 2 atom stereocenters. The molecule has 1 heterocycles. The second-order valence-corrected chi connectivity index (χ2v) is 8.82. The van der Waals surface area contributed by atoms with E-state index in [-0.39, 0.29) is 34.9 Å². The SMILES string of the molecule is CC1CN(C(C)(C)CNS(=O)(=O)c2ccc([N+](=O)[O-])cc2)CC(C)O1. The zero-order valence-corrected chi connectivity index (χ0v) is 15.7. The van der Waals surface area contributed by atoms with Crippen LogP contribution in [0.5, 0.6) is 0 Å². The van der Waals surface area contributed by atoms with Crippen molar-refractivity contribution >= 4 is 15.7 Å². The number of nitro groups is 1. The number of sulfonamides is 1. The second kappa shape index (κ2) is 7.36. The van der Waals surface area contributed by atoms with Gasteiger partial charge in [0.2, 0.25) is 10.0 Å². The number of rotatable bonds is 6. The highest BCUT2D eigenvalue weighted by molar-refractivity contribution is 7.89. The van der Waals surface area contributed by atoms with Gasteiger partial charge >= 0.3 is 0 Å². The number of nitrogens with zero attached hydrogens (tertiary/aromatic N) is 2. The Morgan fingerprint density at radius 2 is 1.76 bits per heavy atom. The van der Waals surface area contributed by atoms with Crippen LogP contribution in [0.1, 0.15) is 27.7 Å². The molecule has 8 nitrogen and oxygen atoms in total. The van der Waals surface area contributed by atoms with E-state index >= 15 is 0 Å². The fourth-order valence-electron chi connectivity index (χ4n) is 2.89. The minimum Gasteiger partial charge on any atom is -0.373 e. The second-order valence-electron chi connectivity index (χ2n) is 7.05. The van der Waals surface area contributed by atoms with Crippen molar-refractivity contribution in [3.8, 4) is 0 Å². The Kier molecular flexibility index (Phi) is 5.82. The van der Waals surface area contributed by atoms with Crippen molar-refractivity contribution in [3.63, 3.8) is 0 Å². The van der Waals surface area contributed by atoms with E-state index in [2.05, 4.69) is 9.62 Å². The van der Waals surface area contributed by atoms with E-state index in [0.29, 0.717) is 0 Å². The standard InChI is InChI=1S/C16H25N3O5S/c1-12-9-18(10-13(2)24-12)16(3,4)11-17-25(22,23)15-7-5-14(6-8-15)19(20)21/h5-8,12-13,17H,9-11H2,1-4H3. The first-order chi connectivity index (χ1) is 11.5. The molecule has 1 aliphatic heterocycles. The van der Waals surface area contributed by atoms with E-state index in [4.69, 9.17) is 4.74 Å². The molecule has 0 aromatic heterocycles. The third-order valence-electron chi connectivity index (χ3n) is 4.33. The molecular weight excluding hydrogens is 346 g/mol. The van der Waals surface area contributed by atoms with Gasteiger partial charge in [0.05, 0.1) is 22.0 Å². The first-order valence-corrected chi connectivity index (χ1v) is 9.64. The zero-order chi connectivity index (χ0) is 18.8. The molecule has 0 bridgehead atoms. The predicted octanol–water partition coefficient (Wildman–Crippen LogP) is 1.76. The lowest BCUT2D eigenvalue weighted by Gasteiger charge is -2.45. The van der Waals surface area contributed by atoms with Gasteiger partial charge in [-0.3, -0.25) is 15.0 Å². The van der Waals surface area contributed by atoms with Gasteiger partial charge in [0.15, 0.2) is 0 Å². The Balaban J connectivity index is 2.06. The van der Waals surface area contributed by atoms with Gasteiger partial charge in [-0.05, 0) is 39.8 Å². The number of hydrogen-bond donors (Lipinski definition) is 1. The molecule has 1 aromatic rings. The summed E-state index contributed by atoms with van der Waals surface area (Å²) in [6, 6.07) is 4.86. The van der Waals surface area contributed by atoms with Gasteiger partial charge in [0.1, 0.15) is 0 Å². The van der Waals surface area contributed by atoms with Gasteiger partial charge in [-0.1, -0.05) is 0 Å². The van der Waals surface area contributed by atoms with Crippen molar-refractivity contribution in [2.45, 2.75) is 50.3 Å². The summed E-state index contributed by atoms with van der Waals surface area (Å²) in [6.07, 6.45) is 0.184. The first-order valence-electron chi connectivity index (χ1n) is 8.16. The van der Waals surface area contributed by atoms with Crippen molar-refractivity contribution in [2.75, 3.05) is 19.6 Å². The third kappa shape index (κ3) is 4.97. The summed E-state index contributed by atoms with van der Waals surface area (Å²) in [5.41, 5.74) is -0.532. The van der Waals surface area contributed by atoms with E-state index in [1.54, 1.807) is 0 Å². The molecule has 140 valence electrons. The zero-order valence-electron chi connectivity index (χ0n) is 14.9. The topological polar surface area (TPSA) is 102 Å². The molecule has 1 aromatic carbocycles. The number of nitro benzene ring substituents is 1. The van der Waals surface area contributed by atoms with Crippen molar-refractivity contribution < 1.29 is 18.1 Å². The van der Waals surface area contributed by atoms with Gasteiger partial charge < -0.3 is 4.74 Å². The van der Waals surface area contributed by atoms with Crippen molar-refractivity contribution in [3.05, 3.63) is 34.4 Å². The lowest BCUT2D eigenvalue weighted by Crippen LogP contribution is -2.58. The summed E-state index contributed by atoms with van der Waals surface area (Å²) < 4.78 is 33.2. The summed E-state index contributed by atoms with van der Waals surface area (Å²) in [4.78, 5) is 12.3. The Morgan fingerprint density at radius 1 is 1.24 bits per heavy atom. The number of morpholine rings is 1. The van der Waals surface area contributed by atoms with Crippen LogP contribution in [0.4, 0.5) is 5.69 Å². The van der Waals surface area contributed by atoms with Crippen LogP contribution in [-0.4, -0.2) is 55.6 Å². The predicted molar refractivity (Wildman–Crippen MR) is 93.9 cm³/mol. The van der Waals surface area contributed by atoms with Gasteiger partial charge in [-0.2, -0.15) is 0 Å². The molecule has 0 aliphatic carbocycles. The van der Waals surface area contributed by atoms with Crippen molar-refractivity contribution in [2.24, 2.45) is 0 Å². The molecule has 2 rings (SSSR count). The largest absolute Gasteiger partial charge is 0.373 e. The summed E-state index contributed by atoms with van der Waals surface area (Å²) >= 11 is 0. The number of nitrogens with one attached hydrogen (secondary N) is 1. The van der Waals surface area contributed by atoms with Crippen LogP contribution in [0.25, 0.3) is 0 Å². The van der Waals surface area contributed by atoms with Crippen LogP contribution in [0, 0.1) is 10.1 Å². The summed E-state index contributed by atoms with van der Waals surface area (Å²) in [6.45, 7) is 9.66. The first kappa shape index (κ1) is 19.8. The molecular formula is C16H25N3O5S. The monoisotopic (exact) mass is 371 g/mol. The number of benzene rings is 1. The van der Waals surface area contributed by atoms with Gasteiger partial charge in [0.25, 0.3) is 5.69 Å². The molecule has 0 spiro atoms. The minimum atomic E-state index is -3.73. The Morgan fingerprint density at radius 3 is 2.24 bits per heavy atom. The third-order valence-corrected chi connectivity index (χ3v) is 5.75. The molecule has 0 saturated carbocycles. The van der Waals surface area contributed by atoms with Crippen LogP contribution in [0.2, 0.25) is 0 Å². The molecule has 1 N–H and O–H groups in total. The summed E-state index contributed by atoms with van der Waals surface area (Å²) in [5, 5.41) is 10.7. The van der Waals surface area contributed by atoms with E-state index < -0.39 is 14.9 Å². The quantitative estimate of drug-likeness (QED) is 0.604. The van der Waals surface area contributed by atoms with Gasteiger partial charge in [-0.25, -0.2) is 13.1 Å². The lowest BCUT2D eigenvalue weighted by atomic mass is 10.0. The summed E-state index contributed by atoms with van der Waals surface area (Å²) in [7, 11) is -3.73. The maximum Gasteiger partial charge on any atom is 0.269 e. The fourth-order valence-corrected chi connectivity index (χ4v) is 4.09. The molecule has 9 heteroatoms. The smallest absolute Gasteiger partial charge is 0.269 e. The Labute approximate surface area is 148 Å². The molecule has 1 fully saturated rings. The van der Waals surface area contributed by atoms with Crippen LogP contribution in [-0.2, 0) is 14.8 Å². The molecule has 25 heavy (non-hydrogen) atoms. The van der Waals surface area contributed by atoms with E-state index in [0.717, 1.165) is 13.1 Å². The molecule has 1 aliphatic rings. The van der Waals surface area contributed by atoms with Crippen LogP contribution < -0.4 is 4.72 Å². The number of ether oxygens (including phenoxy) is 1. The van der Waals surface area contributed by atoms with Gasteiger partial charge in [0, 0.05) is 37.3 Å². The Hall–Kier alpha value is -1.55. The number of hydrogen-bond acceptors (Lipinski definition) is 6. The average Bonchev–Trinajstić information content (AvgIpc) is 2.52. The lowest BCUT2D eigenvalue weighted by molar-refractivity contribution is -0.384. The highest BCUT2D eigenvalue weighted by Crippen LogP contribution is 2.22. The molecule has 0 radical (unpaired) electrons. The van der Waals surface area contributed by atoms with Crippen LogP contribution >= 0.6 is 0 Å². The average molecular weight is 371 g/mol. The van der Waals surface area contributed by atoms with Crippen LogP contribution in [0.15, 0.2) is 29.2 Å². The normalized spacial score (nSPS) is 22.7. The molecule has 2 unspecified atom stereocenters. The van der Waals surface area contributed by atoms with Crippen molar-refractivity contribution in [1.29, 1.82) is 0 Å². The molecule has 0 amide bonds. The van der Waals surface area contributed by atoms with E-state index in [1.807, 2.05) is 27.7 Å². The van der Waals surface area contributed by atoms with E-state index in [9.17, 15) is 18.5 Å². The maximum absolute atomic E-state index is 12.4.